The van der Waals surface area contributed by atoms with E-state index < -0.39 is 24.0 Å². The van der Waals surface area contributed by atoms with Crippen molar-refractivity contribution >= 4 is 17.5 Å². The summed E-state index contributed by atoms with van der Waals surface area (Å²) in [6.07, 6.45) is -0.505. The van der Waals surface area contributed by atoms with Crippen LogP contribution in [0.1, 0.15) is 24.8 Å². The predicted octanol–water partition coefficient (Wildman–Crippen LogP) is -0.181. The number of nitrogens with zero attached hydrogens (tertiary/aromatic N) is 1. The average Bonchev–Trinajstić information content (AvgIpc) is 2.79. The molecule has 3 unspecified atom stereocenters. The van der Waals surface area contributed by atoms with Crippen LogP contribution in [0.3, 0.4) is 0 Å². The topological polar surface area (TPSA) is 110 Å². The molecule has 2 rings (SSSR count). The number of hydrogen-bond donors (Lipinski definition) is 3. The van der Waals surface area contributed by atoms with Crippen LogP contribution in [0.4, 0.5) is 5.69 Å². The van der Waals surface area contributed by atoms with E-state index >= 15 is 0 Å². The van der Waals surface area contributed by atoms with Crippen LogP contribution in [-0.2, 0) is 9.59 Å². The first-order chi connectivity index (χ1) is 9.40. The van der Waals surface area contributed by atoms with Crippen molar-refractivity contribution in [2.75, 3.05) is 12.3 Å². The molecular weight excluding hydrogens is 258 g/mol. The fourth-order valence-electron chi connectivity index (χ4n) is 2.55. The number of carbonyl (C=O) groups excluding carboxylic acids is 2. The third-order valence-corrected chi connectivity index (χ3v) is 3.67. The Morgan fingerprint density at radius 1 is 1.45 bits per heavy atom. The van der Waals surface area contributed by atoms with E-state index in [1.54, 1.807) is 25.1 Å². The van der Waals surface area contributed by atoms with Gasteiger partial charge in [0.15, 0.2) is 0 Å². The quantitative estimate of drug-likeness (QED) is 0.666. The molecule has 1 fully saturated rings. The molecule has 6 heteroatoms. The second-order valence-corrected chi connectivity index (χ2v) is 5.19. The van der Waals surface area contributed by atoms with Gasteiger partial charge in [0, 0.05) is 18.7 Å². The number of rotatable bonds is 3. The number of primary amides is 1. The van der Waals surface area contributed by atoms with Gasteiger partial charge in [0.2, 0.25) is 11.8 Å². The zero-order chi connectivity index (χ0) is 14.9. The third kappa shape index (κ3) is 2.75. The first-order valence-corrected chi connectivity index (χ1v) is 6.53. The molecule has 3 atom stereocenters. The molecule has 1 saturated heterocycles. The summed E-state index contributed by atoms with van der Waals surface area (Å²) < 4.78 is 0. The summed E-state index contributed by atoms with van der Waals surface area (Å²) in [5, 5.41) is 9.64. The van der Waals surface area contributed by atoms with Crippen LogP contribution < -0.4 is 11.5 Å². The lowest BCUT2D eigenvalue weighted by Gasteiger charge is -2.25. The van der Waals surface area contributed by atoms with Crippen molar-refractivity contribution in [2.45, 2.75) is 31.4 Å². The molecule has 6 nitrogen and oxygen atoms in total. The van der Waals surface area contributed by atoms with E-state index in [1.807, 2.05) is 6.07 Å². The zero-order valence-electron chi connectivity index (χ0n) is 11.3. The fraction of sp³-hybridized carbons (Fsp3) is 0.429. The number of β-amino-alcohol motifs (C(OH)–C–C–N with tert-alkyl or cyclic N) is 1. The number of aliphatic hydroxyl groups is 1. The second kappa shape index (κ2) is 5.50. The van der Waals surface area contributed by atoms with Crippen LogP contribution in [0.2, 0.25) is 0 Å². The lowest BCUT2D eigenvalue weighted by Crippen LogP contribution is -2.45. The van der Waals surface area contributed by atoms with Crippen LogP contribution >= 0.6 is 0 Å². The highest BCUT2D eigenvalue weighted by atomic mass is 16.3. The van der Waals surface area contributed by atoms with E-state index in [9.17, 15) is 14.7 Å². The number of carbonyl (C=O) groups is 2. The Bertz CT molecular complexity index is 532. The summed E-state index contributed by atoms with van der Waals surface area (Å²) >= 11 is 0. The lowest BCUT2D eigenvalue weighted by atomic mass is 9.99. The minimum atomic E-state index is -0.735. The third-order valence-electron chi connectivity index (χ3n) is 3.67. The Labute approximate surface area is 117 Å². The monoisotopic (exact) mass is 277 g/mol. The summed E-state index contributed by atoms with van der Waals surface area (Å²) in [7, 11) is 0. The Balaban J connectivity index is 2.20. The van der Waals surface area contributed by atoms with Crippen LogP contribution in [0, 0.1) is 0 Å². The van der Waals surface area contributed by atoms with Gasteiger partial charge in [-0.25, -0.2) is 0 Å². The maximum Gasteiger partial charge on any atom is 0.240 e. The first kappa shape index (κ1) is 14.3. The summed E-state index contributed by atoms with van der Waals surface area (Å²) in [5.74, 6) is -1.25. The van der Waals surface area contributed by atoms with Gasteiger partial charge in [0.1, 0.15) is 6.04 Å². The van der Waals surface area contributed by atoms with Gasteiger partial charge in [-0.2, -0.15) is 0 Å². The number of hydrogen-bond acceptors (Lipinski definition) is 4. The number of anilines is 1. The maximum atomic E-state index is 12.5. The minimum Gasteiger partial charge on any atom is -0.399 e. The van der Waals surface area contributed by atoms with Crippen molar-refractivity contribution in [3.8, 4) is 0 Å². The zero-order valence-corrected chi connectivity index (χ0v) is 11.3. The molecule has 1 aromatic carbocycles. The van der Waals surface area contributed by atoms with E-state index in [1.165, 1.54) is 4.90 Å². The molecule has 1 heterocycles. The van der Waals surface area contributed by atoms with E-state index in [-0.39, 0.29) is 18.9 Å². The van der Waals surface area contributed by atoms with Gasteiger partial charge in [-0.3, -0.25) is 9.59 Å². The number of aliphatic hydroxyl groups excluding tert-OH is 1. The first-order valence-electron chi connectivity index (χ1n) is 6.53. The van der Waals surface area contributed by atoms with Gasteiger partial charge in [-0.15, -0.1) is 0 Å². The fourth-order valence-corrected chi connectivity index (χ4v) is 2.55. The summed E-state index contributed by atoms with van der Waals surface area (Å²) in [6, 6.07) is 6.32. The van der Waals surface area contributed by atoms with Crippen LogP contribution in [0.25, 0.3) is 0 Å². The highest BCUT2D eigenvalue weighted by molar-refractivity contribution is 5.90. The van der Waals surface area contributed by atoms with Gasteiger partial charge in [-0.1, -0.05) is 12.1 Å². The normalized spacial score (nSPS) is 23.6. The number of amides is 2. The van der Waals surface area contributed by atoms with E-state index in [0.717, 1.165) is 5.56 Å². The smallest absolute Gasteiger partial charge is 0.240 e. The Kier molecular flexibility index (Phi) is 3.94. The van der Waals surface area contributed by atoms with Crippen LogP contribution in [-0.4, -0.2) is 40.5 Å². The van der Waals surface area contributed by atoms with Gasteiger partial charge < -0.3 is 21.5 Å². The lowest BCUT2D eigenvalue weighted by molar-refractivity contribution is -0.138. The van der Waals surface area contributed by atoms with Crippen molar-refractivity contribution in [1.82, 2.24) is 4.90 Å². The van der Waals surface area contributed by atoms with Crippen molar-refractivity contribution in [3.05, 3.63) is 29.8 Å². The molecule has 1 aliphatic heterocycles. The number of nitrogen functional groups attached to an aromatic ring is 1. The van der Waals surface area contributed by atoms with Gasteiger partial charge in [0.05, 0.1) is 12.0 Å². The molecule has 0 aromatic heterocycles. The van der Waals surface area contributed by atoms with Gasteiger partial charge in [-0.05, 0) is 24.6 Å². The molecule has 0 aliphatic carbocycles. The Hall–Kier alpha value is -2.08. The van der Waals surface area contributed by atoms with Crippen LogP contribution in [0.15, 0.2) is 24.3 Å². The van der Waals surface area contributed by atoms with E-state index in [4.69, 9.17) is 11.5 Å². The molecule has 0 bridgehead atoms. The molecule has 0 saturated carbocycles. The highest BCUT2D eigenvalue weighted by Crippen LogP contribution is 2.25. The summed E-state index contributed by atoms with van der Waals surface area (Å²) in [4.78, 5) is 25.2. The average molecular weight is 277 g/mol. The number of benzene rings is 1. The van der Waals surface area contributed by atoms with Crippen molar-refractivity contribution in [2.24, 2.45) is 5.73 Å². The summed E-state index contributed by atoms with van der Waals surface area (Å²) in [5.41, 5.74) is 12.4. The van der Waals surface area contributed by atoms with E-state index in [2.05, 4.69) is 0 Å². The number of nitrogens with two attached hydrogens (primary N) is 2. The summed E-state index contributed by atoms with van der Waals surface area (Å²) in [6.45, 7) is 1.89. The molecule has 1 aromatic rings. The van der Waals surface area contributed by atoms with E-state index in [0.29, 0.717) is 5.69 Å². The Morgan fingerprint density at radius 2 is 2.15 bits per heavy atom. The van der Waals surface area contributed by atoms with Crippen molar-refractivity contribution in [3.63, 3.8) is 0 Å². The highest BCUT2D eigenvalue weighted by Gasteiger charge is 2.39. The molecule has 0 radical (unpaired) electrons. The SMILES string of the molecule is CC(C(=O)N1CC(O)CC1C(N)=O)c1cccc(N)c1. The van der Waals surface area contributed by atoms with Crippen molar-refractivity contribution < 1.29 is 14.7 Å². The number of likely N-dealkylation sites (tertiary alicyclic amines) is 1. The predicted molar refractivity (Wildman–Crippen MR) is 74.6 cm³/mol. The van der Waals surface area contributed by atoms with Gasteiger partial charge >= 0.3 is 0 Å². The minimum absolute atomic E-state index is 0.138. The van der Waals surface area contributed by atoms with Crippen molar-refractivity contribution in [1.29, 1.82) is 0 Å². The molecule has 20 heavy (non-hydrogen) atoms. The van der Waals surface area contributed by atoms with Crippen LogP contribution in [0.5, 0.6) is 0 Å². The second-order valence-electron chi connectivity index (χ2n) is 5.19. The maximum absolute atomic E-state index is 12.5. The molecule has 5 N–H and O–H groups in total. The standard InChI is InChI=1S/C14H19N3O3/c1-8(9-3-2-4-10(15)5-9)14(20)17-7-11(18)6-12(17)13(16)19/h2-5,8,11-12,18H,6-7,15H2,1H3,(H2,16,19). The largest absolute Gasteiger partial charge is 0.399 e. The van der Waals surface area contributed by atoms with Gasteiger partial charge in [0.25, 0.3) is 0 Å². The molecule has 0 spiro atoms. The molecule has 108 valence electrons. The Morgan fingerprint density at radius 3 is 2.75 bits per heavy atom. The molecular formula is C14H19N3O3. The molecule has 1 aliphatic rings. The molecule has 2 amide bonds.